The van der Waals surface area contributed by atoms with Gasteiger partial charge in [0.25, 0.3) is 0 Å². The quantitative estimate of drug-likeness (QED) is 0.652. The Morgan fingerprint density at radius 1 is 0.750 bits per heavy atom. The molecule has 2 aromatic carbocycles. The third kappa shape index (κ3) is 4.46. The lowest BCUT2D eigenvalue weighted by atomic mass is 10.1. The molecule has 0 saturated carbocycles. The second kappa shape index (κ2) is 7.97. The van der Waals surface area contributed by atoms with Crippen molar-refractivity contribution in [1.82, 2.24) is 4.98 Å². The number of rotatable bonds is 6. The minimum absolute atomic E-state index is 0.542. The van der Waals surface area contributed by atoms with E-state index in [1.54, 1.807) is 19.5 Å². The maximum Gasteiger partial charge on any atom is 0.120 e. The van der Waals surface area contributed by atoms with Gasteiger partial charge in [0.05, 0.1) is 7.11 Å². The molecule has 0 saturated heterocycles. The molecule has 24 heavy (non-hydrogen) atoms. The number of benzene rings is 2. The number of pyridine rings is 1. The molecule has 3 aromatic rings. The Morgan fingerprint density at radius 2 is 1.33 bits per heavy atom. The summed E-state index contributed by atoms with van der Waals surface area (Å²) in [5.41, 5.74) is 3.42. The van der Waals surface area contributed by atoms with E-state index in [-0.39, 0.29) is 0 Å². The van der Waals surface area contributed by atoms with E-state index in [0.29, 0.717) is 6.61 Å². The molecule has 0 aliphatic carbocycles. The van der Waals surface area contributed by atoms with Crippen LogP contribution in [0.15, 0.2) is 73.1 Å². The highest BCUT2D eigenvalue weighted by molar-refractivity contribution is 5.69. The molecule has 0 amide bonds. The molecule has 3 rings (SSSR count). The average Bonchev–Trinajstić information content (AvgIpc) is 2.67. The van der Waals surface area contributed by atoms with Crippen LogP contribution < -0.4 is 9.47 Å². The van der Waals surface area contributed by atoms with Crippen molar-refractivity contribution in [1.29, 1.82) is 0 Å². The van der Waals surface area contributed by atoms with Crippen molar-refractivity contribution < 1.29 is 9.47 Å². The average molecular weight is 317 g/mol. The third-order valence-corrected chi connectivity index (χ3v) is 3.62. The van der Waals surface area contributed by atoms with E-state index in [1.165, 1.54) is 0 Å². The summed E-state index contributed by atoms with van der Waals surface area (Å²) in [7, 11) is 1.65. The van der Waals surface area contributed by atoms with Crippen LogP contribution in [0.3, 0.4) is 0 Å². The highest BCUT2D eigenvalue weighted by Gasteiger charge is 1.97. The first-order valence-corrected chi connectivity index (χ1v) is 7.77. The Morgan fingerprint density at radius 3 is 1.96 bits per heavy atom. The molecule has 1 aromatic heterocycles. The summed E-state index contributed by atoms with van der Waals surface area (Å²) in [5.74, 6) is 1.66. The zero-order valence-electron chi connectivity index (χ0n) is 13.6. The minimum atomic E-state index is 0.542. The summed E-state index contributed by atoms with van der Waals surface area (Å²) in [6.45, 7) is 0.542. The predicted octanol–water partition coefficient (Wildman–Crippen LogP) is 4.84. The zero-order valence-corrected chi connectivity index (χ0v) is 13.6. The van der Waals surface area contributed by atoms with Crippen molar-refractivity contribution in [2.75, 3.05) is 7.11 Å². The SMILES string of the molecule is COc1ccc(OCc2ccc(/C=C/c3ccncc3)cc2)cc1. The van der Waals surface area contributed by atoms with Gasteiger partial charge in [-0.2, -0.15) is 0 Å². The van der Waals surface area contributed by atoms with Gasteiger partial charge in [-0.3, -0.25) is 4.98 Å². The third-order valence-electron chi connectivity index (χ3n) is 3.62. The molecule has 3 nitrogen and oxygen atoms in total. The maximum absolute atomic E-state index is 5.78. The first-order valence-electron chi connectivity index (χ1n) is 7.77. The first kappa shape index (κ1) is 15.8. The highest BCUT2D eigenvalue weighted by atomic mass is 16.5. The smallest absolute Gasteiger partial charge is 0.120 e. The summed E-state index contributed by atoms with van der Waals surface area (Å²) >= 11 is 0. The number of hydrogen-bond acceptors (Lipinski definition) is 3. The normalized spacial score (nSPS) is 10.7. The van der Waals surface area contributed by atoms with Gasteiger partial charge in [-0.15, -0.1) is 0 Å². The fourth-order valence-corrected chi connectivity index (χ4v) is 2.23. The van der Waals surface area contributed by atoms with Crippen LogP contribution in [0.4, 0.5) is 0 Å². The number of nitrogens with zero attached hydrogens (tertiary/aromatic N) is 1. The standard InChI is InChI=1S/C21H19NO2/c1-23-20-8-10-21(11-9-20)24-16-19-6-4-17(5-7-19)2-3-18-12-14-22-15-13-18/h2-15H,16H2,1H3/b3-2+. The van der Waals surface area contributed by atoms with E-state index in [4.69, 9.17) is 9.47 Å². The van der Waals surface area contributed by atoms with Crippen LogP contribution >= 0.6 is 0 Å². The Bertz CT molecular complexity index is 778. The molecule has 0 bridgehead atoms. The van der Waals surface area contributed by atoms with Crippen molar-refractivity contribution in [3.8, 4) is 11.5 Å². The van der Waals surface area contributed by atoms with Crippen LogP contribution in [0, 0.1) is 0 Å². The molecular formula is C21H19NO2. The molecule has 120 valence electrons. The van der Waals surface area contributed by atoms with Gasteiger partial charge in [0.1, 0.15) is 18.1 Å². The molecule has 0 atom stereocenters. The van der Waals surface area contributed by atoms with Crippen LogP contribution in [0.5, 0.6) is 11.5 Å². The highest BCUT2D eigenvalue weighted by Crippen LogP contribution is 2.18. The van der Waals surface area contributed by atoms with E-state index in [0.717, 1.165) is 28.2 Å². The second-order valence-corrected chi connectivity index (χ2v) is 5.32. The van der Waals surface area contributed by atoms with Gasteiger partial charge < -0.3 is 9.47 Å². The van der Waals surface area contributed by atoms with Crippen LogP contribution in [-0.4, -0.2) is 12.1 Å². The van der Waals surface area contributed by atoms with Gasteiger partial charge in [0, 0.05) is 12.4 Å². The Labute approximate surface area is 142 Å². The number of ether oxygens (including phenoxy) is 2. The van der Waals surface area contributed by atoms with Crippen LogP contribution in [0.25, 0.3) is 12.2 Å². The van der Waals surface area contributed by atoms with Crippen LogP contribution in [-0.2, 0) is 6.61 Å². The van der Waals surface area contributed by atoms with Crippen LogP contribution in [0.1, 0.15) is 16.7 Å². The van der Waals surface area contributed by atoms with Gasteiger partial charge >= 0.3 is 0 Å². The first-order chi connectivity index (χ1) is 11.8. The Hall–Kier alpha value is -3.07. The van der Waals surface area contributed by atoms with Crippen molar-refractivity contribution in [2.24, 2.45) is 0 Å². The van der Waals surface area contributed by atoms with Gasteiger partial charge in [-0.05, 0) is 53.1 Å². The molecule has 0 aliphatic rings. The predicted molar refractivity (Wildman–Crippen MR) is 96.9 cm³/mol. The molecule has 3 heteroatoms. The second-order valence-electron chi connectivity index (χ2n) is 5.32. The molecule has 1 heterocycles. The van der Waals surface area contributed by atoms with Gasteiger partial charge in [0.2, 0.25) is 0 Å². The zero-order chi connectivity index (χ0) is 16.6. The lowest BCUT2D eigenvalue weighted by molar-refractivity contribution is 0.305. The monoisotopic (exact) mass is 317 g/mol. The maximum atomic E-state index is 5.78. The van der Waals surface area contributed by atoms with E-state index in [1.807, 2.05) is 36.4 Å². The molecular weight excluding hydrogens is 298 g/mol. The topological polar surface area (TPSA) is 31.4 Å². The Kier molecular flexibility index (Phi) is 5.25. The van der Waals surface area contributed by atoms with Crippen molar-refractivity contribution in [3.63, 3.8) is 0 Å². The van der Waals surface area contributed by atoms with E-state index >= 15 is 0 Å². The fourth-order valence-electron chi connectivity index (χ4n) is 2.23. The lowest BCUT2D eigenvalue weighted by Gasteiger charge is -2.07. The number of hydrogen-bond donors (Lipinski definition) is 0. The number of aromatic nitrogens is 1. The largest absolute Gasteiger partial charge is 0.497 e. The molecule has 0 aliphatic heterocycles. The summed E-state index contributed by atoms with van der Waals surface area (Å²) in [6.07, 6.45) is 7.74. The molecule has 0 unspecified atom stereocenters. The Balaban J connectivity index is 1.57. The molecule has 0 radical (unpaired) electrons. The van der Waals surface area contributed by atoms with Crippen molar-refractivity contribution in [3.05, 3.63) is 89.7 Å². The van der Waals surface area contributed by atoms with Gasteiger partial charge in [-0.1, -0.05) is 36.4 Å². The van der Waals surface area contributed by atoms with Crippen LogP contribution in [0.2, 0.25) is 0 Å². The summed E-state index contributed by atoms with van der Waals surface area (Å²) in [5, 5.41) is 0. The van der Waals surface area contributed by atoms with Gasteiger partial charge in [0.15, 0.2) is 0 Å². The van der Waals surface area contributed by atoms with E-state index in [9.17, 15) is 0 Å². The molecule has 0 spiro atoms. The summed E-state index contributed by atoms with van der Waals surface area (Å²) in [6, 6.07) is 19.9. The van der Waals surface area contributed by atoms with E-state index < -0.39 is 0 Å². The number of methoxy groups -OCH3 is 1. The fraction of sp³-hybridized carbons (Fsp3) is 0.0952. The lowest BCUT2D eigenvalue weighted by Crippen LogP contribution is -1.95. The van der Waals surface area contributed by atoms with E-state index in [2.05, 4.69) is 41.4 Å². The molecule has 0 fully saturated rings. The summed E-state index contributed by atoms with van der Waals surface area (Å²) < 4.78 is 10.9. The minimum Gasteiger partial charge on any atom is -0.497 e. The summed E-state index contributed by atoms with van der Waals surface area (Å²) in [4.78, 5) is 4.01. The van der Waals surface area contributed by atoms with Gasteiger partial charge in [-0.25, -0.2) is 0 Å². The molecule has 0 N–H and O–H groups in total. The van der Waals surface area contributed by atoms with Crippen molar-refractivity contribution in [2.45, 2.75) is 6.61 Å². The van der Waals surface area contributed by atoms with Crippen molar-refractivity contribution >= 4 is 12.2 Å².